The van der Waals surface area contributed by atoms with E-state index < -0.39 is 0 Å². The Hall–Kier alpha value is -1.41. The summed E-state index contributed by atoms with van der Waals surface area (Å²) in [7, 11) is 0. The number of aromatic nitrogens is 2. The lowest BCUT2D eigenvalue weighted by Crippen LogP contribution is -2.23. The number of nitriles is 1. The standard InChI is InChI=1S/C10H16N4O/c1-10(2,7-11)4-6-12-5-3-9-13-8-14-15-9/h8,12H,3-6H2,1-2H3. The second-order valence-electron chi connectivity index (χ2n) is 4.08. The third-order valence-electron chi connectivity index (χ3n) is 2.15. The highest BCUT2D eigenvalue weighted by Crippen LogP contribution is 2.16. The predicted molar refractivity (Wildman–Crippen MR) is 54.9 cm³/mol. The minimum absolute atomic E-state index is 0.252. The second-order valence-corrected chi connectivity index (χ2v) is 4.08. The molecule has 0 fully saturated rings. The Balaban J connectivity index is 2.06. The van der Waals surface area contributed by atoms with E-state index in [0.29, 0.717) is 5.89 Å². The Morgan fingerprint density at radius 2 is 2.33 bits per heavy atom. The maximum atomic E-state index is 8.79. The van der Waals surface area contributed by atoms with Crippen LogP contribution in [0.1, 0.15) is 26.2 Å². The molecule has 0 unspecified atom stereocenters. The number of rotatable bonds is 6. The molecule has 1 rings (SSSR count). The number of hydrogen-bond donors (Lipinski definition) is 1. The van der Waals surface area contributed by atoms with Gasteiger partial charge in [0.1, 0.15) is 0 Å². The average molecular weight is 208 g/mol. The Kier molecular flexibility index (Phi) is 4.25. The molecule has 0 radical (unpaired) electrons. The SMILES string of the molecule is CC(C)(C#N)CCNCCc1ncno1. The van der Waals surface area contributed by atoms with Gasteiger partial charge in [-0.15, -0.1) is 0 Å². The summed E-state index contributed by atoms with van der Waals surface area (Å²) in [5.41, 5.74) is -0.252. The molecule has 5 heteroatoms. The summed E-state index contributed by atoms with van der Waals surface area (Å²) in [6.07, 6.45) is 2.97. The molecule has 0 amide bonds. The fourth-order valence-electron chi connectivity index (χ4n) is 1.08. The van der Waals surface area contributed by atoms with E-state index in [9.17, 15) is 0 Å². The number of hydrogen-bond acceptors (Lipinski definition) is 5. The fraction of sp³-hybridized carbons (Fsp3) is 0.700. The summed E-state index contributed by atoms with van der Waals surface area (Å²) in [4.78, 5) is 3.91. The molecular formula is C10H16N4O. The van der Waals surface area contributed by atoms with Crippen LogP contribution in [0, 0.1) is 16.7 Å². The van der Waals surface area contributed by atoms with Crippen LogP contribution < -0.4 is 5.32 Å². The van der Waals surface area contributed by atoms with Crippen molar-refractivity contribution < 1.29 is 4.52 Å². The molecule has 0 spiro atoms. The molecule has 0 aliphatic carbocycles. The molecule has 1 aromatic heterocycles. The van der Waals surface area contributed by atoms with Crippen LogP contribution in [0.5, 0.6) is 0 Å². The minimum Gasteiger partial charge on any atom is -0.340 e. The first-order valence-corrected chi connectivity index (χ1v) is 5.01. The van der Waals surface area contributed by atoms with Gasteiger partial charge in [0.05, 0.1) is 11.5 Å². The normalized spacial score (nSPS) is 11.3. The van der Waals surface area contributed by atoms with Gasteiger partial charge in [-0.05, 0) is 26.8 Å². The summed E-state index contributed by atoms with van der Waals surface area (Å²) in [5, 5.41) is 15.5. The van der Waals surface area contributed by atoms with Crippen LogP contribution in [0.2, 0.25) is 0 Å². The van der Waals surface area contributed by atoms with Gasteiger partial charge in [0.15, 0.2) is 6.33 Å². The highest BCUT2D eigenvalue weighted by molar-refractivity contribution is 4.91. The minimum atomic E-state index is -0.252. The third-order valence-corrected chi connectivity index (χ3v) is 2.15. The zero-order valence-electron chi connectivity index (χ0n) is 9.16. The van der Waals surface area contributed by atoms with E-state index >= 15 is 0 Å². The molecule has 82 valence electrons. The lowest BCUT2D eigenvalue weighted by Gasteiger charge is -2.14. The lowest BCUT2D eigenvalue weighted by molar-refractivity contribution is 0.371. The quantitative estimate of drug-likeness (QED) is 0.709. The molecule has 0 aromatic carbocycles. The molecule has 0 aliphatic rings. The van der Waals surface area contributed by atoms with E-state index in [4.69, 9.17) is 9.78 Å². The van der Waals surface area contributed by atoms with Crippen LogP contribution in [0.3, 0.4) is 0 Å². The van der Waals surface area contributed by atoms with E-state index in [0.717, 1.165) is 25.9 Å². The van der Waals surface area contributed by atoms with Gasteiger partial charge in [0.25, 0.3) is 0 Å². The first-order chi connectivity index (χ1) is 7.14. The Labute approximate surface area is 89.5 Å². The zero-order chi connectivity index (χ0) is 11.1. The van der Waals surface area contributed by atoms with Gasteiger partial charge in [-0.2, -0.15) is 10.2 Å². The highest BCUT2D eigenvalue weighted by atomic mass is 16.5. The Morgan fingerprint density at radius 1 is 1.53 bits per heavy atom. The van der Waals surface area contributed by atoms with Crippen molar-refractivity contribution >= 4 is 0 Å². The fourth-order valence-corrected chi connectivity index (χ4v) is 1.08. The van der Waals surface area contributed by atoms with E-state index in [2.05, 4.69) is 21.5 Å². The van der Waals surface area contributed by atoms with Gasteiger partial charge in [0, 0.05) is 13.0 Å². The first kappa shape index (κ1) is 11.7. The van der Waals surface area contributed by atoms with E-state index in [1.807, 2.05) is 13.8 Å². The van der Waals surface area contributed by atoms with Crippen LogP contribution in [0.4, 0.5) is 0 Å². The third kappa shape index (κ3) is 4.56. The van der Waals surface area contributed by atoms with E-state index in [-0.39, 0.29) is 5.41 Å². The van der Waals surface area contributed by atoms with Crippen molar-refractivity contribution in [2.75, 3.05) is 13.1 Å². The molecule has 1 N–H and O–H groups in total. The molecule has 1 heterocycles. The van der Waals surface area contributed by atoms with Crippen molar-refractivity contribution in [1.82, 2.24) is 15.5 Å². The maximum Gasteiger partial charge on any atom is 0.227 e. The van der Waals surface area contributed by atoms with Crippen molar-refractivity contribution in [3.63, 3.8) is 0 Å². The van der Waals surface area contributed by atoms with Crippen LogP contribution in [-0.4, -0.2) is 23.2 Å². The first-order valence-electron chi connectivity index (χ1n) is 5.01. The van der Waals surface area contributed by atoms with Crippen molar-refractivity contribution in [2.45, 2.75) is 26.7 Å². The average Bonchev–Trinajstić information content (AvgIpc) is 2.70. The summed E-state index contributed by atoms with van der Waals surface area (Å²) in [6.45, 7) is 5.50. The molecule has 0 saturated carbocycles. The van der Waals surface area contributed by atoms with Gasteiger partial charge >= 0.3 is 0 Å². The molecule has 0 saturated heterocycles. The maximum absolute atomic E-state index is 8.79. The molecule has 1 aromatic rings. The molecule has 15 heavy (non-hydrogen) atoms. The highest BCUT2D eigenvalue weighted by Gasteiger charge is 2.15. The van der Waals surface area contributed by atoms with Crippen LogP contribution in [-0.2, 0) is 6.42 Å². The van der Waals surface area contributed by atoms with Gasteiger partial charge < -0.3 is 9.84 Å². The topological polar surface area (TPSA) is 74.7 Å². The van der Waals surface area contributed by atoms with E-state index in [1.54, 1.807) is 0 Å². The molecule has 0 aliphatic heterocycles. The number of nitrogens with one attached hydrogen (secondary N) is 1. The van der Waals surface area contributed by atoms with Crippen molar-refractivity contribution in [3.05, 3.63) is 12.2 Å². The molecule has 0 bridgehead atoms. The molecule has 0 atom stereocenters. The lowest BCUT2D eigenvalue weighted by atomic mass is 9.91. The van der Waals surface area contributed by atoms with Crippen LogP contribution >= 0.6 is 0 Å². The monoisotopic (exact) mass is 208 g/mol. The smallest absolute Gasteiger partial charge is 0.227 e. The number of nitrogens with zero attached hydrogens (tertiary/aromatic N) is 3. The van der Waals surface area contributed by atoms with Gasteiger partial charge in [-0.25, -0.2) is 0 Å². The zero-order valence-corrected chi connectivity index (χ0v) is 9.16. The molecular weight excluding hydrogens is 192 g/mol. The van der Waals surface area contributed by atoms with Crippen molar-refractivity contribution in [1.29, 1.82) is 5.26 Å². The summed E-state index contributed by atoms with van der Waals surface area (Å²) in [5.74, 6) is 0.641. The van der Waals surface area contributed by atoms with Crippen LogP contribution in [0.15, 0.2) is 10.9 Å². The predicted octanol–water partition coefficient (Wildman–Crippen LogP) is 1.14. The second kappa shape index (κ2) is 5.47. The van der Waals surface area contributed by atoms with Crippen LogP contribution in [0.25, 0.3) is 0 Å². The van der Waals surface area contributed by atoms with Crippen molar-refractivity contribution in [2.24, 2.45) is 5.41 Å². The van der Waals surface area contributed by atoms with Gasteiger partial charge in [-0.3, -0.25) is 0 Å². The Morgan fingerprint density at radius 3 is 2.93 bits per heavy atom. The summed E-state index contributed by atoms with van der Waals surface area (Å²) < 4.78 is 4.85. The van der Waals surface area contributed by atoms with Crippen molar-refractivity contribution in [3.8, 4) is 6.07 Å². The molecule has 5 nitrogen and oxygen atoms in total. The van der Waals surface area contributed by atoms with E-state index in [1.165, 1.54) is 6.33 Å². The van der Waals surface area contributed by atoms with Gasteiger partial charge in [-0.1, -0.05) is 5.16 Å². The largest absolute Gasteiger partial charge is 0.340 e. The summed E-state index contributed by atoms with van der Waals surface area (Å²) >= 11 is 0. The van der Waals surface area contributed by atoms with Gasteiger partial charge in [0.2, 0.25) is 5.89 Å². The summed E-state index contributed by atoms with van der Waals surface area (Å²) in [6, 6.07) is 2.26. The Bertz CT molecular complexity index is 313.